The van der Waals surface area contributed by atoms with E-state index in [-0.39, 0.29) is 23.7 Å². The molecule has 0 saturated carbocycles. The zero-order valence-electron chi connectivity index (χ0n) is 78.1. The number of benzene rings is 20. The standard InChI is InChI=1S/2C36H25BN2O2.C36H23IN2.C19H13BrN2.2CH4.CH3.H2/c2*40-37(41)26-17-20-36-32(23-26)31-22-25(16-19-35(31)39(36)28-11-5-2-6-12-28)24-15-18-34-30(21-24)29-13-7-8-14-33(29)38(34)27-9-3-1-4-10-27;37-26-17-20-36-32(23-26)31-22-25(16-19-35(31)39(36)28-11-5-2-6-12-28)24-15-18-34-30(21-24)29-13-7-8-14-33(29)38(34)27-9-3-1-4-10-27;20-16-11-9-14(10-12-16)18-19(15-6-2-1-3-7-15)22-13-5-4-8-17(22)21-18;;;;/h2*1-23,40-41H;1-23H;1-13H;2*1H4;1H3;1H/q;;;;;;-1;/i;;;;;;;1+1. The summed E-state index contributed by atoms with van der Waals surface area (Å²) in [7, 11) is -3.05. The van der Waals surface area contributed by atoms with Gasteiger partial charge in [-0.25, -0.2) is 4.98 Å². The summed E-state index contributed by atoms with van der Waals surface area (Å²) in [4.78, 5) is 4.84. The van der Waals surface area contributed by atoms with Gasteiger partial charge in [-0.15, -0.1) is 0 Å². The summed E-state index contributed by atoms with van der Waals surface area (Å²) in [5, 5.41) is 53.8. The second-order valence-electron chi connectivity index (χ2n) is 36.0. The Morgan fingerprint density at radius 3 is 0.753 bits per heavy atom. The molecule has 0 radical (unpaired) electrons. The van der Waals surface area contributed by atoms with E-state index < -0.39 is 14.2 Å². The SMILES string of the molecule is Brc1ccc(-c2nc3ccccn3c2-c2ccccc2)cc1.C.C.Ic1ccc2c(c1)c1cc(-c3ccc4c(c3)c3ccccc3n4-c3ccccc3)ccc1n2-c1ccccc1.OB(O)c1ccc2c(c1)c1cc(-c3ccc4c(c3)c3ccccc3n4-c3ccccc3)ccc1n2-c1ccccc1.OB(O)c1ccc2c(c1)c1cc(-c3ccc4c(c3)c3ccccc3n4-c3ccccc3)ccc1n2-c1ccccc1.[2HH].[CH3-]. The van der Waals surface area contributed by atoms with Crippen molar-refractivity contribution in [1.29, 1.82) is 0 Å². The molecular formula is C130H99B2BrIN8O4-. The van der Waals surface area contributed by atoms with Crippen molar-refractivity contribution in [3.05, 3.63) is 513 Å². The molecule has 8 heterocycles. The van der Waals surface area contributed by atoms with Crippen molar-refractivity contribution in [2.75, 3.05) is 0 Å². The lowest BCUT2D eigenvalue weighted by Gasteiger charge is -2.09. The van der Waals surface area contributed by atoms with Crippen LogP contribution in [0.15, 0.2) is 502 Å². The number of para-hydroxylation sites is 9. The second kappa shape index (κ2) is 39.8. The third-order valence-electron chi connectivity index (χ3n) is 27.7. The van der Waals surface area contributed by atoms with E-state index in [1.807, 2.05) is 109 Å². The highest BCUT2D eigenvalue weighted by atomic mass is 127. The highest BCUT2D eigenvalue weighted by Crippen LogP contribution is 2.45. The first-order chi connectivity index (χ1) is 70.4. The third-order valence-corrected chi connectivity index (χ3v) is 28.9. The number of fused-ring (bicyclic) bond motifs is 19. The molecular weight excluding hydrogens is 1970 g/mol. The van der Waals surface area contributed by atoms with Gasteiger partial charge < -0.3 is 54.9 Å². The fourth-order valence-corrected chi connectivity index (χ4v) is 22.0. The van der Waals surface area contributed by atoms with Gasteiger partial charge >= 0.3 is 14.2 Å². The van der Waals surface area contributed by atoms with Gasteiger partial charge in [-0.05, 0) is 285 Å². The Labute approximate surface area is 869 Å². The van der Waals surface area contributed by atoms with Crippen LogP contribution in [0.3, 0.4) is 0 Å². The number of imidazole rings is 1. The van der Waals surface area contributed by atoms with E-state index in [9.17, 15) is 20.1 Å². The Bertz CT molecular complexity index is 9440. The quantitative estimate of drug-likeness (QED) is 0.0519. The largest absolute Gasteiger partial charge is 0.488 e. The Morgan fingerprint density at radius 2 is 0.452 bits per heavy atom. The zero-order chi connectivity index (χ0) is 95.9. The van der Waals surface area contributed by atoms with Gasteiger partial charge in [-0.2, -0.15) is 0 Å². The van der Waals surface area contributed by atoms with Crippen LogP contribution < -0.4 is 10.9 Å². The van der Waals surface area contributed by atoms with Crippen LogP contribution in [0.25, 0.3) is 227 Å². The maximum Gasteiger partial charge on any atom is 0.488 e. The Balaban J connectivity index is 0.000000116. The van der Waals surface area contributed by atoms with Crippen molar-refractivity contribution in [3.63, 3.8) is 0 Å². The zero-order valence-corrected chi connectivity index (χ0v) is 81.9. The lowest BCUT2D eigenvalue weighted by atomic mass is 9.80. The Hall–Kier alpha value is -16.9. The molecule has 0 amide bonds. The molecule has 28 rings (SSSR count). The fraction of sp³-hybridized carbons (Fsp3) is 0.0154. The number of rotatable bonds is 13. The predicted molar refractivity (Wildman–Crippen MR) is 630 cm³/mol. The molecule has 12 nitrogen and oxygen atoms in total. The van der Waals surface area contributed by atoms with Crippen molar-refractivity contribution in [2.24, 2.45) is 0 Å². The molecule has 704 valence electrons. The van der Waals surface area contributed by atoms with Crippen LogP contribution in [0.2, 0.25) is 0 Å². The van der Waals surface area contributed by atoms with Crippen LogP contribution in [-0.2, 0) is 0 Å². The van der Waals surface area contributed by atoms with E-state index >= 15 is 0 Å². The molecule has 0 fully saturated rings. The number of pyridine rings is 1. The first-order valence-electron chi connectivity index (χ1n) is 47.8. The minimum absolute atomic E-state index is 0. The number of hydrogen-bond donors (Lipinski definition) is 4. The molecule has 146 heavy (non-hydrogen) atoms. The monoisotopic (exact) mass is 2060 g/mol. The number of nitrogens with zero attached hydrogens (tertiary/aromatic N) is 8. The van der Waals surface area contributed by atoms with Gasteiger partial charge in [-0.3, -0.25) is 4.40 Å². The highest BCUT2D eigenvalue weighted by Gasteiger charge is 2.25. The van der Waals surface area contributed by atoms with Crippen molar-refractivity contribution in [2.45, 2.75) is 14.9 Å². The molecule has 0 spiro atoms. The van der Waals surface area contributed by atoms with E-state index in [1.165, 1.54) is 119 Å². The third kappa shape index (κ3) is 16.9. The summed E-state index contributed by atoms with van der Waals surface area (Å²) in [6, 6.07) is 172. The lowest BCUT2D eigenvalue weighted by molar-refractivity contribution is 0.424. The van der Waals surface area contributed by atoms with Gasteiger partial charge in [0.05, 0.1) is 77.6 Å². The summed E-state index contributed by atoms with van der Waals surface area (Å²) in [6.07, 6.45) is 2.06. The average Bonchev–Trinajstić information content (AvgIpc) is 1.58. The summed E-state index contributed by atoms with van der Waals surface area (Å²) in [6.45, 7) is 0. The van der Waals surface area contributed by atoms with E-state index in [0.29, 0.717) is 10.9 Å². The van der Waals surface area contributed by atoms with E-state index in [0.717, 1.165) is 116 Å². The molecule has 20 aromatic carbocycles. The van der Waals surface area contributed by atoms with Gasteiger partial charge in [0.15, 0.2) is 0 Å². The summed E-state index contributed by atoms with van der Waals surface area (Å²) >= 11 is 5.91. The highest BCUT2D eigenvalue weighted by molar-refractivity contribution is 14.1. The van der Waals surface area contributed by atoms with Gasteiger partial charge in [0, 0.05) is 126 Å². The molecule has 0 unspecified atom stereocenters. The number of aromatic nitrogens is 8. The molecule has 28 aromatic rings. The van der Waals surface area contributed by atoms with E-state index in [2.05, 4.69) is 447 Å². The van der Waals surface area contributed by atoms with Crippen molar-refractivity contribution >= 4 is 200 Å². The van der Waals surface area contributed by atoms with Gasteiger partial charge in [0.1, 0.15) is 5.65 Å². The minimum Gasteiger partial charge on any atom is -0.423 e. The van der Waals surface area contributed by atoms with Crippen molar-refractivity contribution < 1.29 is 21.5 Å². The molecule has 0 aliphatic carbocycles. The van der Waals surface area contributed by atoms with Gasteiger partial charge in [0.2, 0.25) is 0 Å². The normalized spacial score (nSPS) is 11.3. The first kappa shape index (κ1) is 94.0. The predicted octanol–water partition coefficient (Wildman–Crippen LogP) is 32.0. The van der Waals surface area contributed by atoms with Crippen LogP contribution >= 0.6 is 38.5 Å². The lowest BCUT2D eigenvalue weighted by Crippen LogP contribution is -2.29. The average molecular weight is 2070 g/mol. The topological polar surface area (TPSA) is 128 Å². The second-order valence-corrected chi connectivity index (χ2v) is 38.2. The molecule has 0 bridgehead atoms. The smallest absolute Gasteiger partial charge is 0.423 e. The molecule has 16 heteroatoms. The van der Waals surface area contributed by atoms with Gasteiger partial charge in [-0.1, -0.05) is 304 Å². The van der Waals surface area contributed by atoms with Crippen molar-refractivity contribution in [3.8, 4) is 90.0 Å². The summed E-state index contributed by atoms with van der Waals surface area (Å²) in [5.74, 6) is 0. The van der Waals surface area contributed by atoms with Crippen LogP contribution in [0.1, 0.15) is 16.3 Å². The minimum atomic E-state index is -1.53. The molecule has 0 saturated heterocycles. The first-order valence-corrected chi connectivity index (χ1v) is 49.6. The molecule has 0 atom stereocenters. The number of halogens is 2. The number of hydrogen-bond acceptors (Lipinski definition) is 5. The van der Waals surface area contributed by atoms with Crippen molar-refractivity contribution in [1.82, 2.24) is 36.8 Å². The van der Waals surface area contributed by atoms with Gasteiger partial charge in [0.25, 0.3) is 0 Å². The summed E-state index contributed by atoms with van der Waals surface area (Å²) < 4.78 is 18.3. The molecule has 0 aliphatic heterocycles. The van der Waals surface area contributed by atoms with Crippen LogP contribution in [-0.4, -0.2) is 71.1 Å². The van der Waals surface area contributed by atoms with Crippen LogP contribution in [0.5, 0.6) is 0 Å². The molecule has 4 N–H and O–H groups in total. The maximum absolute atomic E-state index is 9.93. The maximum atomic E-state index is 9.93. The van der Waals surface area contributed by atoms with Crippen LogP contribution in [0.4, 0.5) is 0 Å². The fourth-order valence-electron chi connectivity index (χ4n) is 21.2. The molecule has 0 aliphatic rings. The summed E-state index contributed by atoms with van der Waals surface area (Å²) in [5.41, 5.74) is 33.8. The van der Waals surface area contributed by atoms with E-state index in [1.54, 1.807) is 12.1 Å². The Morgan fingerprint density at radius 1 is 0.219 bits per heavy atom. The van der Waals surface area contributed by atoms with Crippen LogP contribution in [0, 0.1) is 11.0 Å². The van der Waals surface area contributed by atoms with E-state index in [4.69, 9.17) is 4.98 Å². The Kier molecular flexibility index (Phi) is 25.6. The molecule has 8 aromatic heterocycles.